The minimum atomic E-state index is -0.312. The SMILES string of the molecule is CC(CO)OCc1ccc2c(c1)CCn1c-2cc(OC[C@@H]2COCCO2)nc1=O. The molecule has 1 aromatic carbocycles. The predicted octanol–water partition coefficient (Wildman–Crippen LogP) is 1.16. The molecule has 29 heavy (non-hydrogen) atoms. The minimum Gasteiger partial charge on any atom is -0.475 e. The number of nitrogens with zero attached hydrogens (tertiary/aromatic N) is 2. The molecule has 0 amide bonds. The molecule has 0 aliphatic carbocycles. The molecule has 2 aliphatic rings. The Bertz CT molecular complexity index is 907. The molecule has 2 atom stereocenters. The van der Waals surface area contributed by atoms with Crippen LogP contribution < -0.4 is 10.4 Å². The molecule has 0 saturated carbocycles. The van der Waals surface area contributed by atoms with Gasteiger partial charge in [-0.1, -0.05) is 18.2 Å². The third-order valence-electron chi connectivity index (χ3n) is 5.13. The van der Waals surface area contributed by atoms with Crippen LogP contribution >= 0.6 is 0 Å². The van der Waals surface area contributed by atoms with Gasteiger partial charge in [0, 0.05) is 18.2 Å². The van der Waals surface area contributed by atoms with Gasteiger partial charge in [0.2, 0.25) is 5.88 Å². The standard InChI is InChI=1S/C21H26N2O6/c1-14(10-24)28-11-15-2-3-18-16(8-15)4-5-23-19(18)9-20(22-21(23)25)29-13-17-12-26-6-7-27-17/h2-3,8-9,14,17,24H,4-7,10-13H2,1H3/t14?,17-/m0/s1. The number of benzene rings is 1. The molecule has 1 unspecified atom stereocenters. The van der Waals surface area contributed by atoms with Crippen molar-refractivity contribution in [3.05, 3.63) is 45.9 Å². The van der Waals surface area contributed by atoms with Gasteiger partial charge >= 0.3 is 5.69 Å². The van der Waals surface area contributed by atoms with Crippen LogP contribution in [-0.4, -0.2) is 59.9 Å². The lowest BCUT2D eigenvalue weighted by Crippen LogP contribution is -2.34. The highest BCUT2D eigenvalue weighted by atomic mass is 16.6. The van der Waals surface area contributed by atoms with E-state index in [2.05, 4.69) is 11.1 Å². The van der Waals surface area contributed by atoms with E-state index in [9.17, 15) is 4.79 Å². The number of hydrogen-bond donors (Lipinski definition) is 1. The maximum atomic E-state index is 12.5. The lowest BCUT2D eigenvalue weighted by Gasteiger charge is -2.24. The van der Waals surface area contributed by atoms with Gasteiger partial charge in [0.25, 0.3) is 0 Å². The van der Waals surface area contributed by atoms with Crippen LogP contribution in [0.3, 0.4) is 0 Å². The van der Waals surface area contributed by atoms with Crippen molar-refractivity contribution in [2.45, 2.75) is 38.7 Å². The highest BCUT2D eigenvalue weighted by Crippen LogP contribution is 2.30. The maximum absolute atomic E-state index is 12.5. The average molecular weight is 402 g/mol. The van der Waals surface area contributed by atoms with Gasteiger partial charge in [-0.25, -0.2) is 4.79 Å². The summed E-state index contributed by atoms with van der Waals surface area (Å²) in [7, 11) is 0. The van der Waals surface area contributed by atoms with Crippen molar-refractivity contribution >= 4 is 0 Å². The number of aromatic nitrogens is 2. The Hall–Kier alpha value is -2.26. The first kappa shape index (κ1) is 20.0. The van der Waals surface area contributed by atoms with Crippen LogP contribution in [-0.2, 0) is 33.8 Å². The second kappa shape index (κ2) is 9.04. The zero-order valence-electron chi connectivity index (χ0n) is 16.5. The van der Waals surface area contributed by atoms with Crippen LogP contribution in [0, 0.1) is 0 Å². The van der Waals surface area contributed by atoms with E-state index in [1.807, 2.05) is 25.1 Å². The number of ether oxygens (including phenoxy) is 4. The normalized spacial score (nSPS) is 19.3. The van der Waals surface area contributed by atoms with Crippen LogP contribution in [0.25, 0.3) is 11.3 Å². The van der Waals surface area contributed by atoms with E-state index in [-0.39, 0.29) is 24.5 Å². The van der Waals surface area contributed by atoms with E-state index >= 15 is 0 Å². The first-order valence-electron chi connectivity index (χ1n) is 9.92. The van der Waals surface area contributed by atoms with Crippen molar-refractivity contribution < 1.29 is 24.1 Å². The molecule has 0 radical (unpaired) electrons. The lowest BCUT2D eigenvalue weighted by molar-refractivity contribution is -0.102. The van der Waals surface area contributed by atoms with E-state index in [4.69, 9.17) is 24.1 Å². The highest BCUT2D eigenvalue weighted by Gasteiger charge is 2.21. The van der Waals surface area contributed by atoms with Crippen LogP contribution in [0.1, 0.15) is 18.1 Å². The van der Waals surface area contributed by atoms with Gasteiger partial charge in [0.15, 0.2) is 0 Å². The summed E-state index contributed by atoms with van der Waals surface area (Å²) in [6, 6.07) is 7.90. The molecule has 8 heteroatoms. The quantitative estimate of drug-likeness (QED) is 0.743. The molecule has 1 N–H and O–H groups in total. The minimum absolute atomic E-state index is 0.00493. The third kappa shape index (κ3) is 4.67. The second-order valence-electron chi connectivity index (χ2n) is 7.34. The zero-order chi connectivity index (χ0) is 20.2. The van der Waals surface area contributed by atoms with Crippen molar-refractivity contribution in [1.82, 2.24) is 9.55 Å². The number of rotatable bonds is 7. The maximum Gasteiger partial charge on any atom is 0.351 e. The fraction of sp³-hybridized carbons (Fsp3) is 0.524. The molecule has 0 bridgehead atoms. The van der Waals surface area contributed by atoms with Gasteiger partial charge < -0.3 is 24.1 Å². The van der Waals surface area contributed by atoms with E-state index < -0.39 is 0 Å². The summed E-state index contributed by atoms with van der Waals surface area (Å²) in [5.74, 6) is 0.299. The third-order valence-corrected chi connectivity index (χ3v) is 5.13. The molecule has 2 aromatic rings. The van der Waals surface area contributed by atoms with Crippen LogP contribution in [0.2, 0.25) is 0 Å². The molecule has 4 rings (SSSR count). The summed E-state index contributed by atoms with van der Waals surface area (Å²) < 4.78 is 24.0. The first-order chi connectivity index (χ1) is 14.1. The van der Waals surface area contributed by atoms with Crippen molar-refractivity contribution in [1.29, 1.82) is 0 Å². The number of aliphatic hydroxyl groups is 1. The summed E-state index contributed by atoms with van der Waals surface area (Å²) in [6.07, 6.45) is 0.399. The molecular formula is C21H26N2O6. The van der Waals surface area contributed by atoms with Crippen LogP contribution in [0.15, 0.2) is 29.1 Å². The average Bonchev–Trinajstić information content (AvgIpc) is 2.76. The number of aryl methyl sites for hydroxylation is 1. The molecule has 156 valence electrons. The van der Waals surface area contributed by atoms with E-state index in [0.29, 0.717) is 45.5 Å². The zero-order valence-corrected chi connectivity index (χ0v) is 16.5. The monoisotopic (exact) mass is 402 g/mol. The number of aliphatic hydroxyl groups excluding tert-OH is 1. The smallest absolute Gasteiger partial charge is 0.351 e. The van der Waals surface area contributed by atoms with E-state index in [1.54, 1.807) is 4.57 Å². The Morgan fingerprint density at radius 1 is 1.34 bits per heavy atom. The molecule has 1 fully saturated rings. The summed E-state index contributed by atoms with van der Waals surface area (Å²) in [5, 5.41) is 9.10. The van der Waals surface area contributed by atoms with Crippen molar-refractivity contribution in [3.8, 4) is 17.1 Å². The summed E-state index contributed by atoms with van der Waals surface area (Å²) in [4.78, 5) is 16.6. The number of hydrogen-bond acceptors (Lipinski definition) is 7. The Kier molecular flexibility index (Phi) is 6.25. The Labute approximate surface area is 169 Å². The summed E-state index contributed by atoms with van der Waals surface area (Å²) >= 11 is 0. The van der Waals surface area contributed by atoms with Gasteiger partial charge in [0.1, 0.15) is 12.7 Å². The van der Waals surface area contributed by atoms with Crippen molar-refractivity contribution in [3.63, 3.8) is 0 Å². The van der Waals surface area contributed by atoms with Gasteiger partial charge in [-0.2, -0.15) is 4.98 Å². The fourth-order valence-electron chi connectivity index (χ4n) is 3.53. The Morgan fingerprint density at radius 2 is 2.24 bits per heavy atom. The van der Waals surface area contributed by atoms with Crippen LogP contribution in [0.4, 0.5) is 0 Å². The highest BCUT2D eigenvalue weighted by molar-refractivity contribution is 5.67. The molecule has 3 heterocycles. The van der Waals surface area contributed by atoms with E-state index in [0.717, 1.165) is 28.8 Å². The fourth-order valence-corrected chi connectivity index (χ4v) is 3.53. The first-order valence-corrected chi connectivity index (χ1v) is 9.92. The van der Waals surface area contributed by atoms with Gasteiger partial charge in [0.05, 0.1) is 44.8 Å². The molecule has 1 saturated heterocycles. The summed E-state index contributed by atoms with van der Waals surface area (Å²) in [5.41, 5.74) is 3.69. The predicted molar refractivity (Wildman–Crippen MR) is 105 cm³/mol. The molecule has 1 aromatic heterocycles. The lowest BCUT2D eigenvalue weighted by atomic mass is 9.96. The molecule has 0 spiro atoms. The van der Waals surface area contributed by atoms with Crippen LogP contribution in [0.5, 0.6) is 5.88 Å². The van der Waals surface area contributed by atoms with Gasteiger partial charge in [-0.05, 0) is 24.5 Å². The van der Waals surface area contributed by atoms with Crippen molar-refractivity contribution in [2.75, 3.05) is 33.0 Å². The largest absolute Gasteiger partial charge is 0.475 e. The topological polar surface area (TPSA) is 92.0 Å². The van der Waals surface area contributed by atoms with Gasteiger partial charge in [-0.15, -0.1) is 0 Å². The Morgan fingerprint density at radius 3 is 3.03 bits per heavy atom. The van der Waals surface area contributed by atoms with Crippen molar-refractivity contribution in [2.24, 2.45) is 0 Å². The second-order valence-corrected chi connectivity index (χ2v) is 7.34. The van der Waals surface area contributed by atoms with Gasteiger partial charge in [-0.3, -0.25) is 4.57 Å². The molecule has 2 aliphatic heterocycles. The molecular weight excluding hydrogens is 376 g/mol. The molecule has 8 nitrogen and oxygen atoms in total. The van der Waals surface area contributed by atoms with E-state index in [1.165, 1.54) is 0 Å². The summed E-state index contributed by atoms with van der Waals surface area (Å²) in [6.45, 7) is 4.76. The Balaban J connectivity index is 1.53. The number of fused-ring (bicyclic) bond motifs is 3.